The Morgan fingerprint density at radius 2 is 1.09 bits per heavy atom. The summed E-state index contributed by atoms with van der Waals surface area (Å²) < 4.78 is 62.0. The molecule has 7 heteroatoms. The fourth-order valence-corrected chi connectivity index (χ4v) is 2.07. The average molecular weight is 332 g/mol. The molecule has 0 radical (unpaired) electrons. The van der Waals surface area contributed by atoms with Crippen LogP contribution in [0.4, 0.5) is 22.0 Å². The molecule has 0 aromatic heterocycles. The molecule has 0 fully saturated rings. The summed E-state index contributed by atoms with van der Waals surface area (Å²) >= 11 is 0. The second-order valence-corrected chi connectivity index (χ2v) is 4.97. The summed E-state index contributed by atoms with van der Waals surface area (Å²) in [7, 11) is 0. The van der Waals surface area contributed by atoms with Gasteiger partial charge < -0.3 is 10.2 Å². The molecule has 0 aliphatic heterocycles. The van der Waals surface area contributed by atoms with Gasteiger partial charge in [0.05, 0.1) is 0 Å². The molecule has 2 rings (SSSR count). The van der Waals surface area contributed by atoms with Crippen molar-refractivity contribution in [3.8, 4) is 11.1 Å². The topological polar surface area (TPSA) is 40.5 Å². The minimum Gasteiger partial charge on any atom is -0.382 e. The van der Waals surface area contributed by atoms with Crippen LogP contribution in [-0.4, -0.2) is 22.8 Å². The van der Waals surface area contributed by atoms with Crippen molar-refractivity contribution in [2.45, 2.75) is 24.8 Å². The van der Waals surface area contributed by atoms with Crippen molar-refractivity contribution in [3.63, 3.8) is 0 Å². The van der Waals surface area contributed by atoms with Crippen molar-refractivity contribution in [3.05, 3.63) is 59.7 Å². The summed E-state index contributed by atoms with van der Waals surface area (Å²) in [5.41, 5.74) is 0.906. The van der Waals surface area contributed by atoms with E-state index in [4.69, 9.17) is 5.11 Å². The van der Waals surface area contributed by atoms with Crippen molar-refractivity contribution in [1.82, 2.24) is 0 Å². The van der Waals surface area contributed by atoms with Crippen LogP contribution in [-0.2, 0) is 0 Å². The molecule has 2 aromatic carbocycles. The third-order valence-corrected chi connectivity index (χ3v) is 3.36. The summed E-state index contributed by atoms with van der Waals surface area (Å²) in [4.78, 5) is 0. The van der Waals surface area contributed by atoms with E-state index in [9.17, 15) is 27.1 Å². The molecule has 0 saturated heterocycles. The molecule has 1 unspecified atom stereocenters. The molecular weight excluding hydrogens is 319 g/mol. The number of alkyl halides is 5. The average Bonchev–Trinajstić information content (AvgIpc) is 2.53. The molecule has 0 heterocycles. The molecule has 2 atom stereocenters. The van der Waals surface area contributed by atoms with Gasteiger partial charge in [-0.3, -0.25) is 0 Å². The first kappa shape index (κ1) is 17.4. The quantitative estimate of drug-likeness (QED) is 0.822. The van der Waals surface area contributed by atoms with Crippen molar-refractivity contribution in [2.75, 3.05) is 0 Å². The molecule has 23 heavy (non-hydrogen) atoms. The van der Waals surface area contributed by atoms with Crippen molar-refractivity contribution in [2.24, 2.45) is 0 Å². The van der Waals surface area contributed by atoms with Crippen LogP contribution in [0, 0.1) is 0 Å². The van der Waals surface area contributed by atoms with Gasteiger partial charge in [-0.05, 0) is 22.3 Å². The molecule has 0 amide bonds. The molecule has 2 aromatic rings. The molecule has 2 N–H and O–H groups in total. The standard InChI is InChI=1S/C16H13F5O2/c17-15(18)13(22)11-5-1-9(2-6-11)10-3-7-12(8-4-10)14(23)16(19,20)21/h1-8,13-15,22-23H/t13?,14-/m1/s1. The van der Waals surface area contributed by atoms with Crippen LogP contribution in [0.3, 0.4) is 0 Å². The highest BCUT2D eigenvalue weighted by Gasteiger charge is 2.39. The first-order valence-corrected chi connectivity index (χ1v) is 6.61. The van der Waals surface area contributed by atoms with Gasteiger partial charge in [-0.1, -0.05) is 48.5 Å². The smallest absolute Gasteiger partial charge is 0.382 e. The largest absolute Gasteiger partial charge is 0.418 e. The number of rotatable bonds is 4. The Balaban J connectivity index is 2.20. The van der Waals surface area contributed by atoms with E-state index in [1.807, 2.05) is 0 Å². The zero-order valence-corrected chi connectivity index (χ0v) is 11.6. The SMILES string of the molecule is OC(c1ccc(-c2ccc([C@@H](O)C(F)(F)F)cc2)cc1)C(F)F. The van der Waals surface area contributed by atoms with E-state index in [0.29, 0.717) is 11.1 Å². The van der Waals surface area contributed by atoms with Crippen LogP contribution < -0.4 is 0 Å². The van der Waals surface area contributed by atoms with E-state index in [1.165, 1.54) is 36.4 Å². The number of benzene rings is 2. The predicted octanol–water partition coefficient (Wildman–Crippen LogP) is 4.25. The highest BCUT2D eigenvalue weighted by Crippen LogP contribution is 2.33. The second kappa shape index (κ2) is 6.64. The minimum absolute atomic E-state index is 0.0489. The number of halogens is 5. The fourth-order valence-electron chi connectivity index (χ4n) is 2.07. The van der Waals surface area contributed by atoms with E-state index in [0.717, 1.165) is 12.1 Å². The Kier molecular flexibility index (Phi) is 5.01. The van der Waals surface area contributed by atoms with Gasteiger partial charge in [-0.2, -0.15) is 13.2 Å². The lowest BCUT2D eigenvalue weighted by Gasteiger charge is -2.15. The zero-order chi connectivity index (χ0) is 17.2. The van der Waals surface area contributed by atoms with Crippen LogP contribution in [0.2, 0.25) is 0 Å². The molecule has 2 nitrogen and oxygen atoms in total. The lowest BCUT2D eigenvalue weighted by atomic mass is 9.99. The van der Waals surface area contributed by atoms with E-state index in [-0.39, 0.29) is 11.1 Å². The first-order valence-electron chi connectivity index (χ1n) is 6.61. The van der Waals surface area contributed by atoms with Crippen LogP contribution in [0.25, 0.3) is 11.1 Å². The van der Waals surface area contributed by atoms with Gasteiger partial charge in [0, 0.05) is 0 Å². The number of aliphatic hydroxyl groups excluding tert-OH is 2. The van der Waals surface area contributed by atoms with Crippen molar-refractivity contribution in [1.29, 1.82) is 0 Å². The summed E-state index contributed by atoms with van der Waals surface area (Å²) in [5, 5.41) is 18.4. The van der Waals surface area contributed by atoms with Gasteiger partial charge in [0.1, 0.15) is 6.10 Å². The van der Waals surface area contributed by atoms with Gasteiger partial charge in [0.2, 0.25) is 0 Å². The highest BCUT2D eigenvalue weighted by molar-refractivity contribution is 5.64. The van der Waals surface area contributed by atoms with Gasteiger partial charge in [0.15, 0.2) is 6.10 Å². The van der Waals surface area contributed by atoms with E-state index >= 15 is 0 Å². The Morgan fingerprint density at radius 1 is 0.696 bits per heavy atom. The molecule has 0 bridgehead atoms. The molecular formula is C16H13F5O2. The molecule has 0 saturated carbocycles. The maximum Gasteiger partial charge on any atom is 0.418 e. The first-order chi connectivity index (χ1) is 10.7. The van der Waals surface area contributed by atoms with Gasteiger partial charge in [0.25, 0.3) is 6.43 Å². The van der Waals surface area contributed by atoms with Crippen LogP contribution in [0.1, 0.15) is 23.3 Å². The van der Waals surface area contributed by atoms with Gasteiger partial charge in [-0.15, -0.1) is 0 Å². The van der Waals surface area contributed by atoms with Crippen LogP contribution in [0.5, 0.6) is 0 Å². The minimum atomic E-state index is -4.74. The van der Waals surface area contributed by atoms with Crippen LogP contribution >= 0.6 is 0 Å². The Bertz CT molecular complexity index is 635. The van der Waals surface area contributed by atoms with Gasteiger partial charge in [-0.25, -0.2) is 8.78 Å². The maximum atomic E-state index is 12.4. The van der Waals surface area contributed by atoms with Crippen LogP contribution in [0.15, 0.2) is 48.5 Å². The zero-order valence-electron chi connectivity index (χ0n) is 11.6. The normalized spacial score (nSPS) is 14.8. The summed E-state index contributed by atoms with van der Waals surface area (Å²) in [6.45, 7) is 0. The number of aliphatic hydroxyl groups is 2. The summed E-state index contributed by atoms with van der Waals surface area (Å²) in [5.74, 6) is 0. The van der Waals surface area contributed by atoms with E-state index < -0.39 is 24.8 Å². The third kappa shape index (κ3) is 4.05. The predicted molar refractivity (Wildman–Crippen MR) is 73.9 cm³/mol. The molecule has 124 valence electrons. The van der Waals surface area contributed by atoms with Crippen molar-refractivity contribution >= 4 is 0 Å². The second-order valence-electron chi connectivity index (χ2n) is 4.97. The van der Waals surface area contributed by atoms with Gasteiger partial charge >= 0.3 is 6.18 Å². The Hall–Kier alpha value is -1.99. The van der Waals surface area contributed by atoms with Crippen molar-refractivity contribution < 1.29 is 32.2 Å². The Labute approximate surface area is 128 Å². The number of hydrogen-bond donors (Lipinski definition) is 2. The number of hydrogen-bond acceptors (Lipinski definition) is 2. The molecule has 0 aliphatic rings. The maximum absolute atomic E-state index is 12.4. The fraction of sp³-hybridized carbons (Fsp3) is 0.250. The highest BCUT2D eigenvalue weighted by atomic mass is 19.4. The Morgan fingerprint density at radius 3 is 1.43 bits per heavy atom. The molecule has 0 spiro atoms. The molecule has 0 aliphatic carbocycles. The summed E-state index contributed by atoms with van der Waals surface area (Å²) in [6.07, 6.45) is -12.1. The summed E-state index contributed by atoms with van der Waals surface area (Å²) in [6, 6.07) is 10.7. The monoisotopic (exact) mass is 332 g/mol. The van der Waals surface area contributed by atoms with E-state index in [2.05, 4.69) is 0 Å². The lowest BCUT2D eigenvalue weighted by molar-refractivity contribution is -0.206. The lowest BCUT2D eigenvalue weighted by Crippen LogP contribution is -2.19. The van der Waals surface area contributed by atoms with E-state index in [1.54, 1.807) is 0 Å². The third-order valence-electron chi connectivity index (χ3n) is 3.36.